The molecule has 0 radical (unpaired) electrons. The summed E-state index contributed by atoms with van der Waals surface area (Å²) in [4.78, 5) is 24.8. The van der Waals surface area contributed by atoms with Gasteiger partial charge in [0.05, 0.1) is 11.6 Å². The van der Waals surface area contributed by atoms with Gasteiger partial charge in [-0.15, -0.1) is 11.3 Å². The number of nitrogens with one attached hydrogen (secondary N) is 1. The average molecular weight is 315 g/mol. The molecule has 1 aliphatic rings. The molecule has 0 aliphatic heterocycles. The van der Waals surface area contributed by atoms with Crippen molar-refractivity contribution in [2.24, 2.45) is 5.92 Å². The average Bonchev–Trinajstić information content (AvgIpc) is 3.18. The lowest BCUT2D eigenvalue weighted by Crippen LogP contribution is -2.29. The standard InChI is InChI=1S/C17H17NO3S/c1-10-7-12(9-13(8-10)17(20)21)16(19)18-15(11-4-5-11)14-3-2-6-22-14/h2-3,6-9,11,15H,4-5H2,1H3,(H,18,19)(H,20,21). The summed E-state index contributed by atoms with van der Waals surface area (Å²) in [6, 6.07) is 8.77. The van der Waals surface area contributed by atoms with Crippen molar-refractivity contribution < 1.29 is 14.7 Å². The van der Waals surface area contributed by atoms with Crippen molar-refractivity contribution in [3.8, 4) is 0 Å². The Balaban J connectivity index is 1.83. The lowest BCUT2D eigenvalue weighted by Gasteiger charge is -2.17. The van der Waals surface area contributed by atoms with E-state index < -0.39 is 5.97 Å². The zero-order valence-corrected chi connectivity index (χ0v) is 13.0. The number of benzene rings is 1. The molecule has 1 atom stereocenters. The summed E-state index contributed by atoms with van der Waals surface area (Å²) in [7, 11) is 0. The Morgan fingerprint density at radius 1 is 1.27 bits per heavy atom. The minimum Gasteiger partial charge on any atom is -0.478 e. The fourth-order valence-electron chi connectivity index (χ4n) is 2.58. The van der Waals surface area contributed by atoms with Gasteiger partial charge in [0.15, 0.2) is 0 Å². The van der Waals surface area contributed by atoms with Crippen LogP contribution < -0.4 is 5.32 Å². The first-order valence-electron chi connectivity index (χ1n) is 7.24. The summed E-state index contributed by atoms with van der Waals surface area (Å²) in [5, 5.41) is 14.2. The lowest BCUT2D eigenvalue weighted by atomic mass is 10.0. The second-order valence-electron chi connectivity index (χ2n) is 5.70. The maximum Gasteiger partial charge on any atom is 0.335 e. The molecular weight excluding hydrogens is 298 g/mol. The number of aromatic carboxylic acids is 1. The van der Waals surface area contributed by atoms with Crippen molar-refractivity contribution >= 4 is 23.2 Å². The molecule has 1 aromatic carbocycles. The Morgan fingerprint density at radius 2 is 2.00 bits per heavy atom. The first-order valence-corrected chi connectivity index (χ1v) is 8.12. The van der Waals surface area contributed by atoms with Gasteiger partial charge in [0.1, 0.15) is 0 Å². The van der Waals surface area contributed by atoms with Gasteiger partial charge < -0.3 is 10.4 Å². The summed E-state index contributed by atoms with van der Waals surface area (Å²) in [6.07, 6.45) is 2.24. The number of rotatable bonds is 5. The smallest absolute Gasteiger partial charge is 0.335 e. The van der Waals surface area contributed by atoms with E-state index in [0.29, 0.717) is 11.5 Å². The first kappa shape index (κ1) is 14.8. The zero-order valence-electron chi connectivity index (χ0n) is 12.2. The molecule has 1 unspecified atom stereocenters. The number of hydrogen-bond donors (Lipinski definition) is 2. The van der Waals surface area contributed by atoms with Gasteiger partial charge in [-0.2, -0.15) is 0 Å². The third-order valence-corrected chi connectivity index (χ3v) is 4.77. The van der Waals surface area contributed by atoms with Crippen LogP contribution in [0.3, 0.4) is 0 Å². The van der Waals surface area contributed by atoms with Crippen LogP contribution in [0.4, 0.5) is 0 Å². The highest BCUT2D eigenvalue weighted by molar-refractivity contribution is 7.10. The van der Waals surface area contributed by atoms with Gasteiger partial charge >= 0.3 is 5.97 Å². The number of aryl methyl sites for hydroxylation is 1. The quantitative estimate of drug-likeness (QED) is 0.885. The molecule has 0 bridgehead atoms. The van der Waals surface area contributed by atoms with Crippen LogP contribution in [0, 0.1) is 12.8 Å². The van der Waals surface area contributed by atoms with Gasteiger partial charge in [0, 0.05) is 10.4 Å². The van der Waals surface area contributed by atoms with Gasteiger partial charge in [0.25, 0.3) is 5.91 Å². The van der Waals surface area contributed by atoms with Crippen molar-refractivity contribution in [3.05, 3.63) is 57.3 Å². The molecule has 1 fully saturated rings. The van der Waals surface area contributed by atoms with Gasteiger partial charge in [-0.05, 0) is 60.9 Å². The van der Waals surface area contributed by atoms with E-state index in [1.54, 1.807) is 30.4 Å². The molecule has 2 aromatic rings. The summed E-state index contributed by atoms with van der Waals surface area (Å²) >= 11 is 1.64. The topological polar surface area (TPSA) is 66.4 Å². The van der Waals surface area contributed by atoms with Crippen LogP contribution >= 0.6 is 11.3 Å². The predicted octanol–water partition coefficient (Wildman–Crippen LogP) is 3.64. The van der Waals surface area contributed by atoms with Gasteiger partial charge in [0.2, 0.25) is 0 Å². The van der Waals surface area contributed by atoms with Crippen molar-refractivity contribution in [1.82, 2.24) is 5.32 Å². The fraction of sp³-hybridized carbons (Fsp3) is 0.294. The number of amides is 1. The molecule has 1 heterocycles. The van der Waals surface area contributed by atoms with Crippen LogP contribution in [0.15, 0.2) is 35.7 Å². The second-order valence-corrected chi connectivity index (χ2v) is 6.68. The van der Waals surface area contributed by atoms with E-state index >= 15 is 0 Å². The SMILES string of the molecule is Cc1cc(C(=O)O)cc(C(=O)NC(c2cccs2)C2CC2)c1. The monoisotopic (exact) mass is 315 g/mol. The number of carbonyl (C=O) groups excluding carboxylic acids is 1. The molecular formula is C17H17NO3S. The third kappa shape index (κ3) is 3.20. The number of carboxylic acid groups (broad SMARTS) is 1. The summed E-state index contributed by atoms with van der Waals surface area (Å²) in [6.45, 7) is 1.79. The Morgan fingerprint density at radius 3 is 2.59 bits per heavy atom. The number of hydrogen-bond acceptors (Lipinski definition) is 3. The molecule has 2 N–H and O–H groups in total. The molecule has 0 spiro atoms. The van der Waals surface area contributed by atoms with E-state index in [1.807, 2.05) is 17.5 Å². The third-order valence-electron chi connectivity index (χ3n) is 3.82. The minimum absolute atomic E-state index is 0.0290. The maximum absolute atomic E-state index is 12.5. The molecule has 1 aliphatic carbocycles. The molecule has 1 amide bonds. The Labute approximate surface area is 132 Å². The minimum atomic E-state index is -1.02. The van der Waals surface area contributed by atoms with E-state index in [0.717, 1.165) is 23.3 Å². The van der Waals surface area contributed by atoms with E-state index in [4.69, 9.17) is 5.11 Å². The van der Waals surface area contributed by atoms with Crippen LogP contribution in [0.25, 0.3) is 0 Å². The second kappa shape index (κ2) is 5.93. The van der Waals surface area contributed by atoms with Gasteiger partial charge in [-0.3, -0.25) is 4.79 Å². The predicted molar refractivity (Wildman–Crippen MR) is 85.4 cm³/mol. The Kier molecular flexibility index (Phi) is 3.98. The van der Waals surface area contributed by atoms with Gasteiger partial charge in [-0.1, -0.05) is 6.07 Å². The summed E-state index contributed by atoms with van der Waals surface area (Å²) < 4.78 is 0. The highest BCUT2D eigenvalue weighted by atomic mass is 32.1. The highest BCUT2D eigenvalue weighted by Crippen LogP contribution is 2.42. The van der Waals surface area contributed by atoms with Crippen molar-refractivity contribution in [2.45, 2.75) is 25.8 Å². The maximum atomic E-state index is 12.5. The summed E-state index contributed by atoms with van der Waals surface area (Å²) in [5.74, 6) is -0.738. The Bertz CT molecular complexity index is 705. The lowest BCUT2D eigenvalue weighted by molar-refractivity contribution is 0.0696. The normalized spacial score (nSPS) is 15.3. The molecule has 0 saturated heterocycles. The zero-order chi connectivity index (χ0) is 15.7. The van der Waals surface area contributed by atoms with Crippen molar-refractivity contribution in [3.63, 3.8) is 0 Å². The van der Waals surface area contributed by atoms with Crippen LogP contribution in [0.5, 0.6) is 0 Å². The van der Waals surface area contributed by atoms with E-state index in [2.05, 4.69) is 5.32 Å². The largest absolute Gasteiger partial charge is 0.478 e. The number of carbonyl (C=O) groups is 2. The molecule has 1 saturated carbocycles. The van der Waals surface area contributed by atoms with Crippen molar-refractivity contribution in [2.75, 3.05) is 0 Å². The molecule has 5 heteroatoms. The van der Waals surface area contributed by atoms with Crippen LogP contribution in [-0.2, 0) is 0 Å². The number of thiophene rings is 1. The van der Waals surface area contributed by atoms with E-state index in [9.17, 15) is 9.59 Å². The van der Waals surface area contributed by atoms with Gasteiger partial charge in [-0.25, -0.2) is 4.79 Å². The number of carboxylic acids is 1. The fourth-order valence-corrected chi connectivity index (χ4v) is 3.45. The van der Waals surface area contributed by atoms with E-state index in [-0.39, 0.29) is 17.5 Å². The molecule has 114 valence electrons. The highest BCUT2D eigenvalue weighted by Gasteiger charge is 2.34. The first-order chi connectivity index (χ1) is 10.5. The van der Waals surface area contributed by atoms with Crippen LogP contribution in [0.1, 0.15) is 50.0 Å². The van der Waals surface area contributed by atoms with Crippen LogP contribution in [0.2, 0.25) is 0 Å². The van der Waals surface area contributed by atoms with Crippen molar-refractivity contribution in [1.29, 1.82) is 0 Å². The molecule has 3 rings (SSSR count). The molecule has 22 heavy (non-hydrogen) atoms. The molecule has 1 aromatic heterocycles. The van der Waals surface area contributed by atoms with E-state index in [1.165, 1.54) is 6.07 Å². The molecule has 4 nitrogen and oxygen atoms in total. The van der Waals surface area contributed by atoms with Crippen LogP contribution in [-0.4, -0.2) is 17.0 Å². The summed E-state index contributed by atoms with van der Waals surface area (Å²) in [5.41, 5.74) is 1.31. The Hall–Kier alpha value is -2.14.